The Hall–Kier alpha value is -1.14. The van der Waals surface area contributed by atoms with Crippen LogP contribution in [0.4, 0.5) is 5.13 Å². The van der Waals surface area contributed by atoms with Gasteiger partial charge in [0, 0.05) is 11.4 Å². The second-order valence-corrected chi connectivity index (χ2v) is 5.64. The number of hydrogen-bond acceptors (Lipinski definition) is 5. The van der Waals surface area contributed by atoms with Crippen LogP contribution in [0.15, 0.2) is 5.38 Å². The van der Waals surface area contributed by atoms with Gasteiger partial charge >= 0.3 is 5.97 Å². The Morgan fingerprint density at radius 1 is 1.81 bits per heavy atom. The summed E-state index contributed by atoms with van der Waals surface area (Å²) in [7, 11) is 0. The lowest BCUT2D eigenvalue weighted by atomic mass is 10.2. The van der Waals surface area contributed by atoms with Gasteiger partial charge in [-0.3, -0.25) is 4.79 Å². The lowest BCUT2D eigenvalue weighted by molar-refractivity contribution is -0.138. The molecule has 88 valence electrons. The number of anilines is 1. The first-order valence-corrected chi connectivity index (χ1v) is 5.98. The van der Waals surface area contributed by atoms with Gasteiger partial charge in [0.05, 0.1) is 5.69 Å². The van der Waals surface area contributed by atoms with Crippen molar-refractivity contribution in [2.45, 2.75) is 32.4 Å². The van der Waals surface area contributed by atoms with Crippen molar-refractivity contribution in [3.05, 3.63) is 11.1 Å². The predicted octanol–water partition coefficient (Wildman–Crippen LogP) is 1.44. The number of aromatic nitrogens is 1. The van der Waals surface area contributed by atoms with Crippen molar-refractivity contribution in [1.82, 2.24) is 4.98 Å². The summed E-state index contributed by atoms with van der Waals surface area (Å²) in [5.41, 5.74) is 6.20. The summed E-state index contributed by atoms with van der Waals surface area (Å²) in [4.78, 5) is 14.8. The number of rotatable bonds is 4. The zero-order valence-corrected chi connectivity index (χ0v) is 10.0. The fourth-order valence-corrected chi connectivity index (χ4v) is 2.28. The summed E-state index contributed by atoms with van der Waals surface area (Å²) in [5, 5.41) is 14.5. The van der Waals surface area contributed by atoms with Gasteiger partial charge in [0.1, 0.15) is 6.04 Å². The van der Waals surface area contributed by atoms with Crippen molar-refractivity contribution < 1.29 is 9.90 Å². The van der Waals surface area contributed by atoms with E-state index in [4.69, 9.17) is 10.8 Å². The van der Waals surface area contributed by atoms with Gasteiger partial charge in [-0.15, -0.1) is 11.3 Å². The molecule has 6 heteroatoms. The van der Waals surface area contributed by atoms with Crippen LogP contribution in [0.1, 0.15) is 32.0 Å². The number of carboxylic acids is 1. The summed E-state index contributed by atoms with van der Waals surface area (Å²) in [5.74, 6) is -1.05. The molecular formula is C10H15N3O2S. The fourth-order valence-electron chi connectivity index (χ4n) is 1.48. The predicted molar refractivity (Wildman–Crippen MR) is 62.5 cm³/mol. The van der Waals surface area contributed by atoms with Gasteiger partial charge < -0.3 is 16.2 Å². The van der Waals surface area contributed by atoms with Crippen LogP contribution in [-0.2, 0) is 4.79 Å². The van der Waals surface area contributed by atoms with Crippen LogP contribution in [0.25, 0.3) is 0 Å². The number of hydrogen-bond donors (Lipinski definition) is 3. The Morgan fingerprint density at radius 2 is 2.44 bits per heavy atom. The summed E-state index contributed by atoms with van der Waals surface area (Å²) in [6.45, 7) is 4.37. The summed E-state index contributed by atoms with van der Waals surface area (Å²) < 4.78 is 0. The molecule has 1 saturated carbocycles. The molecule has 1 aromatic heterocycles. The molecule has 1 aliphatic rings. The highest BCUT2D eigenvalue weighted by molar-refractivity contribution is 7.13. The second kappa shape index (κ2) is 3.71. The number of nitrogens with zero attached hydrogens (tertiary/aromatic N) is 1. The molecule has 4 N–H and O–H groups in total. The first-order chi connectivity index (χ1) is 7.40. The van der Waals surface area contributed by atoms with Crippen LogP contribution >= 0.6 is 11.3 Å². The molecule has 2 atom stereocenters. The average Bonchev–Trinajstić information content (AvgIpc) is 2.64. The second-order valence-electron chi connectivity index (χ2n) is 4.78. The highest BCUT2D eigenvalue weighted by Crippen LogP contribution is 2.46. The highest BCUT2D eigenvalue weighted by Gasteiger charge is 2.46. The number of thiazole rings is 1. The average molecular weight is 241 g/mol. The Kier molecular flexibility index (Phi) is 2.63. The highest BCUT2D eigenvalue weighted by atomic mass is 32.1. The topological polar surface area (TPSA) is 88.2 Å². The van der Waals surface area contributed by atoms with Gasteiger partial charge in [-0.05, 0) is 11.8 Å². The van der Waals surface area contributed by atoms with Gasteiger partial charge in [-0.25, -0.2) is 4.98 Å². The van der Waals surface area contributed by atoms with Gasteiger partial charge in [0.15, 0.2) is 5.13 Å². The van der Waals surface area contributed by atoms with E-state index < -0.39 is 12.0 Å². The molecule has 0 saturated heterocycles. The normalized spacial score (nSPS) is 23.8. The molecule has 0 aliphatic heterocycles. The maximum atomic E-state index is 10.7. The molecule has 1 fully saturated rings. The van der Waals surface area contributed by atoms with Crippen LogP contribution < -0.4 is 11.1 Å². The number of carbonyl (C=O) groups is 1. The van der Waals surface area contributed by atoms with E-state index in [1.165, 1.54) is 11.3 Å². The molecular weight excluding hydrogens is 226 g/mol. The lowest BCUT2D eigenvalue weighted by Gasteiger charge is -2.04. The zero-order valence-electron chi connectivity index (χ0n) is 9.23. The van der Waals surface area contributed by atoms with Gasteiger partial charge in [-0.1, -0.05) is 13.8 Å². The Balaban J connectivity index is 2.00. The van der Waals surface area contributed by atoms with Crippen LogP contribution in [-0.4, -0.2) is 22.1 Å². The molecule has 0 aromatic carbocycles. The third kappa shape index (κ3) is 2.17. The van der Waals surface area contributed by atoms with Crippen molar-refractivity contribution >= 4 is 22.4 Å². The van der Waals surface area contributed by atoms with Crippen molar-refractivity contribution in [2.75, 3.05) is 5.32 Å². The van der Waals surface area contributed by atoms with E-state index in [1.54, 1.807) is 5.38 Å². The first-order valence-electron chi connectivity index (χ1n) is 5.10. The van der Waals surface area contributed by atoms with Crippen molar-refractivity contribution in [1.29, 1.82) is 0 Å². The Morgan fingerprint density at radius 3 is 2.94 bits per heavy atom. The molecule has 1 heterocycles. The monoisotopic (exact) mass is 241 g/mol. The van der Waals surface area contributed by atoms with Gasteiger partial charge in [0.25, 0.3) is 0 Å². The van der Waals surface area contributed by atoms with Gasteiger partial charge in [0.2, 0.25) is 0 Å². The minimum Gasteiger partial charge on any atom is -0.480 e. The largest absolute Gasteiger partial charge is 0.480 e. The lowest BCUT2D eigenvalue weighted by Crippen LogP contribution is -2.21. The summed E-state index contributed by atoms with van der Waals surface area (Å²) in [6.07, 6.45) is 1.12. The molecule has 2 rings (SSSR count). The van der Waals surface area contributed by atoms with Crippen LogP contribution in [0.2, 0.25) is 0 Å². The van der Waals surface area contributed by atoms with Gasteiger partial charge in [-0.2, -0.15) is 0 Å². The zero-order chi connectivity index (χ0) is 11.9. The van der Waals surface area contributed by atoms with Crippen molar-refractivity contribution in [2.24, 2.45) is 11.1 Å². The third-order valence-electron chi connectivity index (χ3n) is 2.92. The Bertz CT molecular complexity index is 416. The fraction of sp³-hybridized carbons (Fsp3) is 0.600. The molecule has 16 heavy (non-hydrogen) atoms. The van der Waals surface area contributed by atoms with Crippen LogP contribution in [0.3, 0.4) is 0 Å². The van der Waals surface area contributed by atoms with Crippen LogP contribution in [0, 0.1) is 5.41 Å². The van der Waals surface area contributed by atoms with E-state index in [0.717, 1.165) is 11.6 Å². The van der Waals surface area contributed by atoms with E-state index >= 15 is 0 Å². The quantitative estimate of drug-likeness (QED) is 0.742. The SMILES string of the molecule is CC1(C)CC1Nc1nc(C(N)C(=O)O)cs1. The smallest absolute Gasteiger partial charge is 0.326 e. The minimum atomic E-state index is -1.05. The van der Waals surface area contributed by atoms with E-state index in [9.17, 15) is 4.79 Å². The van der Waals surface area contributed by atoms with E-state index in [2.05, 4.69) is 24.1 Å². The maximum Gasteiger partial charge on any atom is 0.326 e. The number of nitrogens with two attached hydrogens (primary N) is 1. The first kappa shape index (κ1) is 11.3. The maximum absolute atomic E-state index is 10.7. The minimum absolute atomic E-state index is 0.320. The van der Waals surface area contributed by atoms with E-state index in [0.29, 0.717) is 17.2 Å². The molecule has 5 nitrogen and oxygen atoms in total. The van der Waals surface area contributed by atoms with E-state index in [1.807, 2.05) is 0 Å². The third-order valence-corrected chi connectivity index (χ3v) is 3.71. The van der Waals surface area contributed by atoms with Crippen molar-refractivity contribution in [3.63, 3.8) is 0 Å². The molecule has 2 unspecified atom stereocenters. The van der Waals surface area contributed by atoms with Crippen LogP contribution in [0.5, 0.6) is 0 Å². The summed E-state index contributed by atoms with van der Waals surface area (Å²) >= 11 is 1.40. The molecule has 0 amide bonds. The number of aliphatic carboxylic acids is 1. The Labute approximate surface area is 97.7 Å². The molecule has 0 spiro atoms. The molecule has 1 aromatic rings. The number of carboxylic acid groups (broad SMARTS) is 1. The molecule has 0 radical (unpaired) electrons. The van der Waals surface area contributed by atoms with E-state index in [-0.39, 0.29) is 0 Å². The summed E-state index contributed by atoms with van der Waals surface area (Å²) in [6, 6.07) is -0.591. The standard InChI is InChI=1S/C10H15N3O2S/c1-10(2)3-6(10)13-9-12-5(4-16-9)7(11)8(14)15/h4,6-7H,3,11H2,1-2H3,(H,12,13)(H,14,15). The molecule has 1 aliphatic carbocycles. The molecule has 0 bridgehead atoms. The van der Waals surface area contributed by atoms with Crippen molar-refractivity contribution in [3.8, 4) is 0 Å². The number of nitrogens with one attached hydrogen (secondary N) is 1.